The van der Waals surface area contributed by atoms with Crippen LogP contribution < -0.4 is 15.5 Å². The van der Waals surface area contributed by atoms with Crippen LogP contribution in [0.15, 0.2) is 23.2 Å². The molecule has 5 nitrogen and oxygen atoms in total. The topological polar surface area (TPSA) is 42.9 Å². The molecular formula is C18H29F2N5. The van der Waals surface area contributed by atoms with Gasteiger partial charge < -0.3 is 20.4 Å². The first-order valence-electron chi connectivity index (χ1n) is 8.89. The summed E-state index contributed by atoms with van der Waals surface area (Å²) in [7, 11) is 4.10. The second-order valence-electron chi connectivity index (χ2n) is 6.59. The summed E-state index contributed by atoms with van der Waals surface area (Å²) in [5, 5.41) is 6.68. The molecule has 1 aromatic carbocycles. The van der Waals surface area contributed by atoms with Gasteiger partial charge in [0.25, 0.3) is 0 Å². The lowest BCUT2D eigenvalue weighted by Gasteiger charge is -2.21. The number of hydrogen-bond donors (Lipinski definition) is 2. The molecule has 0 amide bonds. The molecule has 0 saturated carbocycles. The third-order valence-corrected chi connectivity index (χ3v) is 4.16. The highest BCUT2D eigenvalue weighted by atomic mass is 19.1. The third-order valence-electron chi connectivity index (χ3n) is 4.16. The van der Waals surface area contributed by atoms with Gasteiger partial charge in [0.1, 0.15) is 11.6 Å². The lowest BCUT2D eigenvalue weighted by molar-refractivity contribution is 0.403. The van der Waals surface area contributed by atoms with Gasteiger partial charge in [0.2, 0.25) is 0 Å². The average Bonchev–Trinajstić information content (AvgIpc) is 2.99. The number of rotatable bonds is 7. The highest BCUT2D eigenvalue weighted by Gasteiger charge is 2.25. The summed E-state index contributed by atoms with van der Waals surface area (Å²) >= 11 is 0. The Morgan fingerprint density at radius 2 is 2.16 bits per heavy atom. The smallest absolute Gasteiger partial charge is 0.191 e. The summed E-state index contributed by atoms with van der Waals surface area (Å²) in [6.07, 6.45) is 1.89. The van der Waals surface area contributed by atoms with Crippen molar-refractivity contribution in [1.29, 1.82) is 0 Å². The number of guanidine groups is 1. The number of nitrogens with zero attached hydrogens (tertiary/aromatic N) is 3. The van der Waals surface area contributed by atoms with Crippen molar-refractivity contribution >= 4 is 11.6 Å². The average molecular weight is 353 g/mol. The van der Waals surface area contributed by atoms with E-state index in [-0.39, 0.29) is 6.04 Å². The summed E-state index contributed by atoms with van der Waals surface area (Å²) < 4.78 is 27.0. The molecule has 0 bridgehead atoms. The van der Waals surface area contributed by atoms with Crippen LogP contribution in [0.25, 0.3) is 0 Å². The minimum Gasteiger partial charge on any atom is -0.367 e. The van der Waals surface area contributed by atoms with Gasteiger partial charge in [0.05, 0.1) is 5.69 Å². The maximum Gasteiger partial charge on any atom is 0.191 e. The van der Waals surface area contributed by atoms with Gasteiger partial charge in [-0.2, -0.15) is 0 Å². The summed E-state index contributed by atoms with van der Waals surface area (Å²) in [6, 6.07) is 3.94. The Labute approximate surface area is 149 Å². The summed E-state index contributed by atoms with van der Waals surface area (Å²) in [6.45, 7) is 6.00. The predicted octanol–water partition coefficient (Wildman–Crippen LogP) is 2.05. The Balaban J connectivity index is 1.89. The van der Waals surface area contributed by atoms with Crippen LogP contribution in [0, 0.1) is 11.6 Å². The molecule has 7 heteroatoms. The van der Waals surface area contributed by atoms with Crippen LogP contribution in [0.3, 0.4) is 0 Å². The monoisotopic (exact) mass is 353 g/mol. The normalized spacial score (nSPS) is 18.1. The number of benzene rings is 1. The molecule has 140 valence electrons. The van der Waals surface area contributed by atoms with Crippen molar-refractivity contribution in [1.82, 2.24) is 15.5 Å². The zero-order valence-electron chi connectivity index (χ0n) is 15.4. The highest BCUT2D eigenvalue weighted by Crippen LogP contribution is 2.24. The molecule has 0 spiro atoms. The van der Waals surface area contributed by atoms with Crippen LogP contribution in [0.1, 0.15) is 19.8 Å². The Kier molecular flexibility index (Phi) is 7.43. The van der Waals surface area contributed by atoms with E-state index in [4.69, 9.17) is 0 Å². The summed E-state index contributed by atoms with van der Waals surface area (Å²) in [5.74, 6) is -0.257. The van der Waals surface area contributed by atoms with Crippen molar-refractivity contribution in [2.24, 2.45) is 4.99 Å². The lowest BCUT2D eigenvalue weighted by atomic mass is 10.2. The summed E-state index contributed by atoms with van der Waals surface area (Å²) in [4.78, 5) is 8.69. The Bertz CT molecular complexity index is 577. The van der Waals surface area contributed by atoms with Crippen molar-refractivity contribution < 1.29 is 8.78 Å². The van der Waals surface area contributed by atoms with E-state index < -0.39 is 11.6 Å². The van der Waals surface area contributed by atoms with Gasteiger partial charge in [-0.05, 0) is 52.5 Å². The van der Waals surface area contributed by atoms with Crippen LogP contribution in [0.5, 0.6) is 0 Å². The van der Waals surface area contributed by atoms with Crippen LogP contribution in [0.4, 0.5) is 14.5 Å². The molecular weight excluding hydrogens is 324 g/mol. The second kappa shape index (κ2) is 9.56. The fourth-order valence-corrected chi connectivity index (χ4v) is 2.93. The minimum absolute atomic E-state index is 0.191. The van der Waals surface area contributed by atoms with Gasteiger partial charge in [0.15, 0.2) is 5.96 Å². The summed E-state index contributed by atoms with van der Waals surface area (Å²) in [5.41, 5.74) is 0.457. The molecule has 1 fully saturated rings. The molecule has 0 aromatic heterocycles. The standard InChI is InChI=1S/C18H29F2N5/c1-4-21-18(22-9-5-10-24(2)3)23-15-8-11-25(13-15)17-7-6-14(19)12-16(17)20/h6-7,12,15H,4-5,8-11,13H2,1-3H3,(H2,21,22,23). The fraction of sp³-hybridized carbons (Fsp3) is 0.611. The molecule has 0 radical (unpaired) electrons. The van der Waals surface area contributed by atoms with Crippen molar-refractivity contribution in [3.63, 3.8) is 0 Å². The molecule has 2 N–H and O–H groups in total. The Morgan fingerprint density at radius 3 is 2.84 bits per heavy atom. The van der Waals surface area contributed by atoms with Crippen molar-refractivity contribution in [2.45, 2.75) is 25.8 Å². The maximum atomic E-state index is 13.9. The first kappa shape index (κ1) is 19.4. The third kappa shape index (κ3) is 6.16. The van der Waals surface area contributed by atoms with Crippen molar-refractivity contribution in [3.8, 4) is 0 Å². The van der Waals surface area contributed by atoms with Crippen LogP contribution in [-0.4, -0.2) is 63.7 Å². The van der Waals surface area contributed by atoms with Crippen molar-refractivity contribution in [3.05, 3.63) is 29.8 Å². The highest BCUT2D eigenvalue weighted by molar-refractivity contribution is 5.80. The first-order chi connectivity index (χ1) is 12.0. The van der Waals surface area contributed by atoms with Crippen LogP contribution in [0.2, 0.25) is 0 Å². The van der Waals surface area contributed by atoms with E-state index in [2.05, 4.69) is 34.6 Å². The van der Waals surface area contributed by atoms with Gasteiger partial charge in [-0.15, -0.1) is 0 Å². The molecule has 1 aliphatic heterocycles. The predicted molar refractivity (Wildman–Crippen MR) is 99.3 cm³/mol. The largest absolute Gasteiger partial charge is 0.367 e. The van der Waals surface area contributed by atoms with E-state index in [0.717, 1.165) is 51.0 Å². The minimum atomic E-state index is -0.547. The van der Waals surface area contributed by atoms with Crippen LogP contribution in [-0.2, 0) is 0 Å². The van der Waals surface area contributed by atoms with E-state index >= 15 is 0 Å². The van der Waals surface area contributed by atoms with Gasteiger partial charge in [-0.1, -0.05) is 0 Å². The number of aliphatic imine (C=N–C) groups is 1. The Hall–Kier alpha value is -1.89. The van der Waals surface area contributed by atoms with Gasteiger partial charge in [-0.3, -0.25) is 4.99 Å². The first-order valence-corrected chi connectivity index (χ1v) is 8.89. The molecule has 1 aliphatic rings. The number of halogens is 2. The molecule has 1 atom stereocenters. The van der Waals surface area contributed by atoms with Gasteiger partial charge >= 0.3 is 0 Å². The van der Waals surface area contributed by atoms with E-state index in [1.165, 1.54) is 12.1 Å². The quantitative estimate of drug-likeness (QED) is 0.447. The molecule has 0 aliphatic carbocycles. The number of nitrogens with one attached hydrogen (secondary N) is 2. The molecule has 1 unspecified atom stereocenters. The zero-order chi connectivity index (χ0) is 18.2. The van der Waals surface area contributed by atoms with Gasteiger partial charge in [0, 0.05) is 38.3 Å². The van der Waals surface area contributed by atoms with E-state index in [1.807, 2.05) is 11.8 Å². The molecule has 1 saturated heterocycles. The van der Waals surface area contributed by atoms with E-state index in [1.54, 1.807) is 0 Å². The van der Waals surface area contributed by atoms with E-state index in [9.17, 15) is 8.78 Å². The molecule has 1 aromatic rings. The number of hydrogen-bond acceptors (Lipinski definition) is 3. The van der Waals surface area contributed by atoms with Gasteiger partial charge in [-0.25, -0.2) is 8.78 Å². The van der Waals surface area contributed by atoms with Crippen molar-refractivity contribution in [2.75, 3.05) is 51.7 Å². The Morgan fingerprint density at radius 1 is 1.36 bits per heavy atom. The zero-order valence-corrected chi connectivity index (χ0v) is 15.4. The molecule has 2 rings (SSSR count). The number of anilines is 1. The fourth-order valence-electron chi connectivity index (χ4n) is 2.93. The van der Waals surface area contributed by atoms with E-state index in [0.29, 0.717) is 12.2 Å². The second-order valence-corrected chi connectivity index (χ2v) is 6.59. The lowest BCUT2D eigenvalue weighted by Crippen LogP contribution is -2.44. The maximum absolute atomic E-state index is 13.9. The van der Waals surface area contributed by atoms with Crippen LogP contribution >= 0.6 is 0 Å². The molecule has 25 heavy (non-hydrogen) atoms. The molecule has 1 heterocycles. The SMILES string of the molecule is CCNC(=NCCCN(C)C)NC1CCN(c2ccc(F)cc2F)C1.